The molecule has 0 saturated carbocycles. The Morgan fingerprint density at radius 1 is 1.38 bits per heavy atom. The Morgan fingerprint density at radius 3 is 2.94 bits per heavy atom. The van der Waals surface area contributed by atoms with Crippen LogP contribution in [-0.4, -0.2) is 35.6 Å². The predicted molar refractivity (Wildman–Crippen MR) is 67.5 cm³/mol. The summed E-state index contributed by atoms with van der Waals surface area (Å²) in [6.07, 6.45) is 6.87. The van der Waals surface area contributed by atoms with Crippen molar-refractivity contribution < 1.29 is 0 Å². The second-order valence-corrected chi connectivity index (χ2v) is 4.67. The zero-order valence-electron chi connectivity index (χ0n) is 10.4. The first-order valence-corrected chi connectivity index (χ1v) is 6.38. The van der Waals surface area contributed by atoms with Gasteiger partial charge in [0.1, 0.15) is 0 Å². The van der Waals surface area contributed by atoms with Crippen molar-refractivity contribution in [1.29, 1.82) is 0 Å². The van der Waals surface area contributed by atoms with Crippen LogP contribution in [0.3, 0.4) is 0 Å². The molecule has 2 rings (SSSR count). The third-order valence-electron chi connectivity index (χ3n) is 3.44. The monoisotopic (exact) mass is 221 g/mol. The van der Waals surface area contributed by atoms with Crippen LogP contribution in [0.2, 0.25) is 0 Å². The van der Waals surface area contributed by atoms with Crippen LogP contribution in [0.15, 0.2) is 18.5 Å². The van der Waals surface area contributed by atoms with Gasteiger partial charge in [-0.1, -0.05) is 6.92 Å². The number of rotatable bonds is 3. The van der Waals surface area contributed by atoms with Gasteiger partial charge in [0.05, 0.1) is 0 Å². The maximum atomic E-state index is 3.47. The molecule has 1 saturated heterocycles. The summed E-state index contributed by atoms with van der Waals surface area (Å²) in [7, 11) is 2.10. The molecule has 1 aliphatic heterocycles. The standard InChI is InChI=1S/C13H23N3/c1-3-13(12-5-9-15(2)11-12)16-8-4-6-14-7-10-16/h5,9,11,13-14H,3-4,6-8,10H2,1-2H3. The van der Waals surface area contributed by atoms with Gasteiger partial charge in [0.15, 0.2) is 0 Å². The number of aromatic nitrogens is 1. The molecule has 16 heavy (non-hydrogen) atoms. The topological polar surface area (TPSA) is 20.2 Å². The number of nitrogens with one attached hydrogen (secondary N) is 1. The molecular formula is C13H23N3. The molecular weight excluding hydrogens is 198 g/mol. The quantitative estimate of drug-likeness (QED) is 0.839. The fourth-order valence-electron chi connectivity index (χ4n) is 2.60. The van der Waals surface area contributed by atoms with Gasteiger partial charge < -0.3 is 9.88 Å². The zero-order chi connectivity index (χ0) is 11.4. The molecule has 1 N–H and O–H groups in total. The number of aryl methyl sites for hydroxylation is 1. The summed E-state index contributed by atoms with van der Waals surface area (Å²) in [6.45, 7) is 6.98. The third-order valence-corrected chi connectivity index (χ3v) is 3.44. The fourth-order valence-corrected chi connectivity index (χ4v) is 2.60. The molecule has 1 aromatic rings. The number of hydrogen-bond donors (Lipinski definition) is 1. The minimum absolute atomic E-state index is 0.598. The van der Waals surface area contributed by atoms with E-state index in [4.69, 9.17) is 0 Å². The Balaban J connectivity index is 2.08. The molecule has 2 heterocycles. The molecule has 1 unspecified atom stereocenters. The lowest BCUT2D eigenvalue weighted by Crippen LogP contribution is -2.31. The Labute approximate surface area is 98.4 Å². The van der Waals surface area contributed by atoms with E-state index in [1.165, 1.54) is 38.0 Å². The van der Waals surface area contributed by atoms with Gasteiger partial charge in [-0.2, -0.15) is 0 Å². The maximum Gasteiger partial charge on any atom is 0.0361 e. The van der Waals surface area contributed by atoms with E-state index in [2.05, 4.69) is 47.2 Å². The van der Waals surface area contributed by atoms with Crippen LogP contribution in [0.25, 0.3) is 0 Å². The largest absolute Gasteiger partial charge is 0.357 e. The van der Waals surface area contributed by atoms with Gasteiger partial charge in [-0.3, -0.25) is 4.90 Å². The molecule has 0 spiro atoms. The molecule has 0 aliphatic carbocycles. The molecule has 1 atom stereocenters. The first-order valence-electron chi connectivity index (χ1n) is 6.38. The van der Waals surface area contributed by atoms with Crippen molar-refractivity contribution in [2.45, 2.75) is 25.8 Å². The van der Waals surface area contributed by atoms with Crippen LogP contribution < -0.4 is 5.32 Å². The molecule has 1 aliphatic rings. The minimum Gasteiger partial charge on any atom is -0.357 e. The summed E-state index contributed by atoms with van der Waals surface area (Å²) in [4.78, 5) is 2.62. The van der Waals surface area contributed by atoms with E-state index in [1.807, 2.05) is 0 Å². The zero-order valence-corrected chi connectivity index (χ0v) is 10.4. The van der Waals surface area contributed by atoms with E-state index in [0.717, 1.165) is 6.54 Å². The van der Waals surface area contributed by atoms with Gasteiger partial charge in [0.25, 0.3) is 0 Å². The highest BCUT2D eigenvalue weighted by Crippen LogP contribution is 2.24. The summed E-state index contributed by atoms with van der Waals surface area (Å²) in [5.74, 6) is 0. The average Bonchev–Trinajstić information content (AvgIpc) is 2.55. The predicted octanol–water partition coefficient (Wildman–Crippen LogP) is 1.77. The Kier molecular flexibility index (Phi) is 4.02. The number of nitrogens with zero attached hydrogens (tertiary/aromatic N) is 2. The molecule has 0 radical (unpaired) electrons. The summed E-state index contributed by atoms with van der Waals surface area (Å²) >= 11 is 0. The van der Waals surface area contributed by atoms with Gasteiger partial charge >= 0.3 is 0 Å². The van der Waals surface area contributed by atoms with Gasteiger partial charge in [0.2, 0.25) is 0 Å². The minimum atomic E-state index is 0.598. The van der Waals surface area contributed by atoms with Crippen molar-refractivity contribution in [3.8, 4) is 0 Å². The van der Waals surface area contributed by atoms with Crippen molar-refractivity contribution in [3.05, 3.63) is 24.0 Å². The molecule has 0 aromatic carbocycles. The Morgan fingerprint density at radius 2 is 2.25 bits per heavy atom. The summed E-state index contributed by atoms with van der Waals surface area (Å²) in [5.41, 5.74) is 1.46. The molecule has 0 amide bonds. The van der Waals surface area contributed by atoms with Crippen molar-refractivity contribution >= 4 is 0 Å². The normalized spacial score (nSPS) is 20.6. The van der Waals surface area contributed by atoms with Crippen molar-refractivity contribution in [2.75, 3.05) is 26.2 Å². The molecule has 90 valence electrons. The van der Waals surface area contributed by atoms with E-state index in [-0.39, 0.29) is 0 Å². The van der Waals surface area contributed by atoms with Gasteiger partial charge in [-0.25, -0.2) is 0 Å². The van der Waals surface area contributed by atoms with E-state index >= 15 is 0 Å². The molecule has 3 nitrogen and oxygen atoms in total. The third kappa shape index (κ3) is 2.66. The first-order chi connectivity index (χ1) is 7.81. The van der Waals surface area contributed by atoms with Crippen LogP contribution >= 0.6 is 0 Å². The van der Waals surface area contributed by atoms with Crippen molar-refractivity contribution in [1.82, 2.24) is 14.8 Å². The Hall–Kier alpha value is -0.800. The highest BCUT2D eigenvalue weighted by molar-refractivity contribution is 5.15. The van der Waals surface area contributed by atoms with E-state index < -0.39 is 0 Å². The van der Waals surface area contributed by atoms with Crippen LogP contribution in [0, 0.1) is 0 Å². The lowest BCUT2D eigenvalue weighted by Gasteiger charge is -2.29. The second-order valence-electron chi connectivity index (χ2n) is 4.67. The SMILES string of the molecule is CCC(c1ccn(C)c1)N1CCCNCC1. The highest BCUT2D eigenvalue weighted by Gasteiger charge is 2.19. The van der Waals surface area contributed by atoms with Gasteiger partial charge in [0, 0.05) is 45.1 Å². The second kappa shape index (κ2) is 5.51. The van der Waals surface area contributed by atoms with E-state index in [9.17, 15) is 0 Å². The van der Waals surface area contributed by atoms with E-state index in [0.29, 0.717) is 6.04 Å². The lowest BCUT2D eigenvalue weighted by atomic mass is 10.1. The lowest BCUT2D eigenvalue weighted by molar-refractivity contribution is 0.205. The molecule has 3 heteroatoms. The molecule has 1 fully saturated rings. The van der Waals surface area contributed by atoms with Crippen LogP contribution in [-0.2, 0) is 7.05 Å². The smallest absolute Gasteiger partial charge is 0.0361 e. The summed E-state index contributed by atoms with van der Waals surface area (Å²) in [6, 6.07) is 2.85. The van der Waals surface area contributed by atoms with Crippen LogP contribution in [0.1, 0.15) is 31.4 Å². The average molecular weight is 221 g/mol. The fraction of sp³-hybridized carbons (Fsp3) is 0.692. The van der Waals surface area contributed by atoms with Gasteiger partial charge in [-0.05, 0) is 31.0 Å². The number of hydrogen-bond acceptors (Lipinski definition) is 2. The summed E-state index contributed by atoms with van der Waals surface area (Å²) in [5, 5.41) is 3.47. The van der Waals surface area contributed by atoms with Crippen molar-refractivity contribution in [3.63, 3.8) is 0 Å². The summed E-state index contributed by atoms with van der Waals surface area (Å²) < 4.78 is 2.15. The van der Waals surface area contributed by atoms with Crippen LogP contribution in [0.5, 0.6) is 0 Å². The Bertz CT molecular complexity index is 311. The molecule has 0 bridgehead atoms. The van der Waals surface area contributed by atoms with Crippen molar-refractivity contribution in [2.24, 2.45) is 7.05 Å². The molecule has 1 aromatic heterocycles. The first kappa shape index (κ1) is 11.7. The van der Waals surface area contributed by atoms with E-state index in [1.54, 1.807) is 0 Å². The van der Waals surface area contributed by atoms with Crippen LogP contribution in [0.4, 0.5) is 0 Å². The highest BCUT2D eigenvalue weighted by atomic mass is 15.2. The maximum absolute atomic E-state index is 3.47. The van der Waals surface area contributed by atoms with Gasteiger partial charge in [-0.15, -0.1) is 0 Å².